The number of rotatable bonds is 4. The highest BCUT2D eigenvalue weighted by Gasteiger charge is 2.40. The lowest BCUT2D eigenvalue weighted by Gasteiger charge is -2.18. The van der Waals surface area contributed by atoms with Crippen molar-refractivity contribution >= 4 is 45.2 Å². The first-order chi connectivity index (χ1) is 12.9. The first-order valence-corrected chi connectivity index (χ1v) is 9.53. The van der Waals surface area contributed by atoms with E-state index in [-0.39, 0.29) is 22.3 Å². The predicted molar refractivity (Wildman–Crippen MR) is 105 cm³/mol. The molecule has 1 unspecified atom stereocenters. The summed E-state index contributed by atoms with van der Waals surface area (Å²) in [6, 6.07) is 14.6. The Morgan fingerprint density at radius 3 is 2.41 bits per heavy atom. The van der Waals surface area contributed by atoms with Crippen molar-refractivity contribution in [1.82, 2.24) is 0 Å². The molecule has 136 valence electrons. The molecule has 1 heterocycles. The fourth-order valence-corrected chi connectivity index (χ4v) is 4.24. The van der Waals surface area contributed by atoms with Crippen LogP contribution in [0.1, 0.15) is 5.56 Å². The molecular formula is C19H13BrFN3O2S. The van der Waals surface area contributed by atoms with Crippen molar-refractivity contribution in [2.75, 3.05) is 4.90 Å². The number of halogens is 2. The zero-order valence-corrected chi connectivity index (χ0v) is 16.3. The Bertz CT molecular complexity index is 968. The molecule has 2 N–H and O–H groups in total. The quantitative estimate of drug-likeness (QED) is 0.576. The monoisotopic (exact) mass is 445 g/mol. The molecule has 0 saturated carbocycles. The van der Waals surface area contributed by atoms with Crippen molar-refractivity contribution in [3.05, 3.63) is 75.0 Å². The number of carbonyl (C=O) groups is 2. The normalized spacial score (nSPS) is 18.3. The van der Waals surface area contributed by atoms with Crippen LogP contribution in [0.2, 0.25) is 0 Å². The summed E-state index contributed by atoms with van der Waals surface area (Å²) in [5.74, 6) is -1.52. The second-order valence-corrected chi connectivity index (χ2v) is 7.85. The molecule has 0 radical (unpaired) electrons. The van der Waals surface area contributed by atoms with Crippen molar-refractivity contribution in [1.29, 1.82) is 5.26 Å². The van der Waals surface area contributed by atoms with Gasteiger partial charge in [0.2, 0.25) is 5.91 Å². The molecule has 0 aliphatic carbocycles. The molecule has 27 heavy (non-hydrogen) atoms. The summed E-state index contributed by atoms with van der Waals surface area (Å²) in [6.07, 6.45) is 0.331. The molecule has 5 nitrogen and oxygen atoms in total. The Balaban J connectivity index is 2.01. The number of nitrogens with zero attached hydrogens (tertiary/aromatic N) is 2. The summed E-state index contributed by atoms with van der Waals surface area (Å²) in [4.78, 5) is 26.1. The molecule has 1 fully saturated rings. The fourth-order valence-electron chi connectivity index (χ4n) is 2.66. The van der Waals surface area contributed by atoms with Crippen LogP contribution in [0.25, 0.3) is 0 Å². The van der Waals surface area contributed by atoms with Gasteiger partial charge >= 0.3 is 0 Å². The summed E-state index contributed by atoms with van der Waals surface area (Å²) in [5.41, 5.74) is 6.37. The number of carbonyl (C=O) groups excluding carboxylic acids is 2. The number of thioether (sulfide) groups is 1. The van der Waals surface area contributed by atoms with Crippen LogP contribution in [-0.2, 0) is 16.0 Å². The van der Waals surface area contributed by atoms with E-state index >= 15 is 0 Å². The molecule has 1 saturated heterocycles. The summed E-state index contributed by atoms with van der Waals surface area (Å²) < 4.78 is 13.9. The maximum absolute atomic E-state index is 13.1. The lowest BCUT2D eigenvalue weighted by molar-refractivity contribution is -0.117. The van der Waals surface area contributed by atoms with Crippen molar-refractivity contribution in [3.63, 3.8) is 0 Å². The zero-order chi connectivity index (χ0) is 19.6. The third kappa shape index (κ3) is 4.04. The average Bonchev–Trinajstić information content (AvgIpc) is 2.94. The van der Waals surface area contributed by atoms with E-state index in [1.54, 1.807) is 42.5 Å². The minimum absolute atomic E-state index is 0.212. The Morgan fingerprint density at radius 1 is 1.22 bits per heavy atom. The maximum atomic E-state index is 13.1. The molecule has 2 aromatic carbocycles. The molecule has 0 aromatic heterocycles. The molecule has 1 aliphatic rings. The molecule has 0 bridgehead atoms. The third-order valence-corrected chi connectivity index (χ3v) is 5.74. The van der Waals surface area contributed by atoms with Gasteiger partial charge < -0.3 is 5.73 Å². The maximum Gasteiger partial charge on any atom is 0.262 e. The number of anilines is 1. The highest BCUT2D eigenvalue weighted by molar-refractivity contribution is 9.10. The molecule has 2 amide bonds. The predicted octanol–water partition coefficient (Wildman–Crippen LogP) is 3.50. The number of hydrogen-bond donors (Lipinski definition) is 1. The van der Waals surface area contributed by atoms with Crippen LogP contribution in [0.5, 0.6) is 0 Å². The molecule has 2 aromatic rings. The summed E-state index contributed by atoms with van der Waals surface area (Å²) in [7, 11) is 0. The van der Waals surface area contributed by atoms with Gasteiger partial charge in [-0.2, -0.15) is 5.26 Å². The molecular weight excluding hydrogens is 433 g/mol. The lowest BCUT2D eigenvalue weighted by atomic mass is 10.1. The van der Waals surface area contributed by atoms with Crippen LogP contribution in [0.15, 0.2) is 63.6 Å². The Hall–Kier alpha value is -2.63. The Labute approximate surface area is 167 Å². The van der Waals surface area contributed by atoms with Gasteiger partial charge in [-0.05, 0) is 48.4 Å². The second kappa shape index (κ2) is 7.94. The van der Waals surface area contributed by atoms with Gasteiger partial charge in [-0.15, -0.1) is 0 Å². The van der Waals surface area contributed by atoms with E-state index in [0.717, 1.165) is 21.8 Å². The standard InChI is InChI=1S/C19H13BrFN3O2S/c20-12-3-7-14(8-4-12)24-18(26)16(9-11-1-5-13(21)6-2-11)27-19(24)15(10-22)17(23)25/h1-8,16H,9H2,(H2,23,25). The third-order valence-electron chi connectivity index (χ3n) is 3.94. The second-order valence-electron chi connectivity index (χ2n) is 5.74. The first-order valence-electron chi connectivity index (χ1n) is 7.85. The van der Waals surface area contributed by atoms with E-state index in [9.17, 15) is 19.2 Å². The highest BCUT2D eigenvalue weighted by Crippen LogP contribution is 2.42. The molecule has 0 spiro atoms. The number of benzene rings is 2. The summed E-state index contributed by atoms with van der Waals surface area (Å²) >= 11 is 4.45. The Kier molecular flexibility index (Phi) is 5.63. The minimum Gasteiger partial charge on any atom is -0.365 e. The van der Waals surface area contributed by atoms with Crippen molar-refractivity contribution in [2.24, 2.45) is 5.73 Å². The molecule has 1 atom stereocenters. The van der Waals surface area contributed by atoms with Crippen molar-refractivity contribution < 1.29 is 14.0 Å². The van der Waals surface area contributed by atoms with E-state index in [2.05, 4.69) is 15.9 Å². The fraction of sp³-hybridized carbons (Fsp3) is 0.105. The van der Waals surface area contributed by atoms with Crippen LogP contribution < -0.4 is 10.6 Å². The van der Waals surface area contributed by atoms with Crippen LogP contribution in [0.4, 0.5) is 10.1 Å². The van der Waals surface area contributed by atoms with Crippen molar-refractivity contribution in [2.45, 2.75) is 11.7 Å². The number of nitriles is 1. The van der Waals surface area contributed by atoms with Crippen LogP contribution in [0, 0.1) is 17.1 Å². The Morgan fingerprint density at radius 2 is 1.85 bits per heavy atom. The lowest BCUT2D eigenvalue weighted by Crippen LogP contribution is -2.31. The topological polar surface area (TPSA) is 87.2 Å². The van der Waals surface area contributed by atoms with Gasteiger partial charge in [-0.25, -0.2) is 4.39 Å². The summed E-state index contributed by atoms with van der Waals surface area (Å²) in [6.45, 7) is 0. The SMILES string of the molecule is N#CC(C(N)=O)=C1SC(Cc2ccc(F)cc2)C(=O)N1c1ccc(Br)cc1. The van der Waals surface area contributed by atoms with Gasteiger partial charge in [0.25, 0.3) is 5.91 Å². The summed E-state index contributed by atoms with van der Waals surface area (Å²) in [5, 5.41) is 9.00. The number of hydrogen-bond acceptors (Lipinski definition) is 4. The first kappa shape index (κ1) is 19.1. The van der Waals surface area contributed by atoms with E-state index in [1.165, 1.54) is 17.0 Å². The van der Waals surface area contributed by atoms with Crippen LogP contribution >= 0.6 is 27.7 Å². The zero-order valence-electron chi connectivity index (χ0n) is 13.9. The van der Waals surface area contributed by atoms with E-state index in [1.807, 2.05) is 0 Å². The molecule has 8 heteroatoms. The highest BCUT2D eigenvalue weighted by atomic mass is 79.9. The van der Waals surface area contributed by atoms with Crippen LogP contribution in [0.3, 0.4) is 0 Å². The largest absolute Gasteiger partial charge is 0.365 e. The van der Waals surface area contributed by atoms with Gasteiger partial charge in [0, 0.05) is 10.2 Å². The number of amides is 2. The van der Waals surface area contributed by atoms with E-state index in [0.29, 0.717) is 12.1 Å². The minimum atomic E-state index is -0.891. The van der Waals surface area contributed by atoms with E-state index < -0.39 is 11.2 Å². The van der Waals surface area contributed by atoms with Crippen molar-refractivity contribution in [3.8, 4) is 6.07 Å². The van der Waals surface area contributed by atoms with Gasteiger partial charge in [0.15, 0.2) is 0 Å². The average molecular weight is 446 g/mol. The van der Waals surface area contributed by atoms with Gasteiger partial charge in [0.05, 0.1) is 5.25 Å². The molecule has 1 aliphatic heterocycles. The van der Waals surface area contributed by atoms with Gasteiger partial charge in [-0.1, -0.05) is 39.8 Å². The van der Waals surface area contributed by atoms with Gasteiger partial charge in [0.1, 0.15) is 22.5 Å². The number of nitrogens with two attached hydrogens (primary N) is 1. The van der Waals surface area contributed by atoms with Crippen LogP contribution in [-0.4, -0.2) is 17.1 Å². The smallest absolute Gasteiger partial charge is 0.262 e. The number of primary amides is 1. The van der Waals surface area contributed by atoms with E-state index in [4.69, 9.17) is 5.73 Å². The molecule has 3 rings (SSSR count). The van der Waals surface area contributed by atoms with Gasteiger partial charge in [-0.3, -0.25) is 14.5 Å².